The number of nitrogens with one attached hydrogen (secondary N) is 1. The third kappa shape index (κ3) is 3.03. The highest BCUT2D eigenvalue weighted by Gasteiger charge is 2.20. The highest BCUT2D eigenvalue weighted by Crippen LogP contribution is 2.31. The molecule has 2 heterocycles. The van der Waals surface area contributed by atoms with Crippen molar-refractivity contribution in [1.29, 1.82) is 0 Å². The number of nitrogens with zero attached hydrogens (tertiary/aromatic N) is 3. The molecule has 26 heavy (non-hydrogen) atoms. The van der Waals surface area contributed by atoms with Crippen molar-refractivity contribution in [2.75, 3.05) is 22.5 Å². The first-order valence-corrected chi connectivity index (χ1v) is 8.26. The van der Waals surface area contributed by atoms with Crippen LogP contribution < -0.4 is 16.0 Å². The molecule has 0 atom stereocenters. The van der Waals surface area contributed by atoms with Crippen molar-refractivity contribution in [2.24, 2.45) is 0 Å². The fourth-order valence-corrected chi connectivity index (χ4v) is 3.12. The summed E-state index contributed by atoms with van der Waals surface area (Å²) in [7, 11) is 0. The van der Waals surface area contributed by atoms with E-state index in [1.54, 1.807) is 0 Å². The molecule has 132 valence electrons. The number of nitrogen functional groups attached to an aromatic ring is 1. The van der Waals surface area contributed by atoms with Crippen molar-refractivity contribution in [2.45, 2.75) is 13.0 Å². The van der Waals surface area contributed by atoms with Gasteiger partial charge < -0.3 is 16.0 Å². The number of halogens is 2. The molecular weight excluding hydrogens is 336 g/mol. The Hall–Kier alpha value is -3.22. The zero-order chi connectivity index (χ0) is 18.1. The van der Waals surface area contributed by atoms with Gasteiger partial charge in [-0.25, -0.2) is 18.7 Å². The highest BCUT2D eigenvalue weighted by atomic mass is 19.2. The minimum absolute atomic E-state index is 0.361. The molecule has 0 radical (unpaired) electrons. The Labute approximate surface area is 149 Å². The molecule has 3 N–H and O–H groups in total. The summed E-state index contributed by atoms with van der Waals surface area (Å²) in [6, 6.07) is 11.8. The zero-order valence-corrected chi connectivity index (χ0v) is 13.9. The second kappa shape index (κ2) is 6.59. The van der Waals surface area contributed by atoms with Crippen LogP contribution in [-0.2, 0) is 13.0 Å². The van der Waals surface area contributed by atoms with Gasteiger partial charge in [0.2, 0.25) is 0 Å². The summed E-state index contributed by atoms with van der Waals surface area (Å²) in [6.45, 7) is 1.50. The molecule has 0 spiro atoms. The molecule has 0 saturated carbocycles. The minimum Gasteiger partial charge on any atom is -0.393 e. The molecule has 0 bridgehead atoms. The number of hydrogen-bond acceptors (Lipinski definition) is 5. The van der Waals surface area contributed by atoms with E-state index in [0.29, 0.717) is 29.6 Å². The van der Waals surface area contributed by atoms with Gasteiger partial charge in [0.1, 0.15) is 12.0 Å². The summed E-state index contributed by atoms with van der Waals surface area (Å²) >= 11 is 0. The van der Waals surface area contributed by atoms with Crippen LogP contribution in [0.4, 0.5) is 31.8 Å². The lowest BCUT2D eigenvalue weighted by Crippen LogP contribution is -2.31. The number of anilines is 4. The van der Waals surface area contributed by atoms with Gasteiger partial charge in [-0.2, -0.15) is 0 Å². The van der Waals surface area contributed by atoms with E-state index in [1.807, 2.05) is 12.1 Å². The Morgan fingerprint density at radius 2 is 1.81 bits per heavy atom. The van der Waals surface area contributed by atoms with Crippen molar-refractivity contribution in [3.8, 4) is 0 Å². The summed E-state index contributed by atoms with van der Waals surface area (Å²) in [6.07, 6.45) is 2.32. The van der Waals surface area contributed by atoms with Gasteiger partial charge in [-0.05, 0) is 29.7 Å². The van der Waals surface area contributed by atoms with Gasteiger partial charge in [-0.1, -0.05) is 24.3 Å². The largest absolute Gasteiger partial charge is 0.393 e. The van der Waals surface area contributed by atoms with E-state index in [2.05, 4.69) is 32.3 Å². The molecule has 0 amide bonds. The van der Waals surface area contributed by atoms with E-state index in [4.69, 9.17) is 5.73 Å². The Balaban J connectivity index is 1.61. The van der Waals surface area contributed by atoms with Crippen LogP contribution in [0.1, 0.15) is 11.1 Å². The Morgan fingerprint density at radius 3 is 2.62 bits per heavy atom. The van der Waals surface area contributed by atoms with Gasteiger partial charge in [0.15, 0.2) is 23.3 Å². The topological polar surface area (TPSA) is 67.1 Å². The fraction of sp³-hybridized carbons (Fsp3) is 0.158. The quantitative estimate of drug-likeness (QED) is 0.752. The number of rotatable bonds is 3. The Morgan fingerprint density at radius 1 is 1.00 bits per heavy atom. The van der Waals surface area contributed by atoms with E-state index in [1.165, 1.54) is 23.5 Å². The second-order valence-corrected chi connectivity index (χ2v) is 6.15. The minimum atomic E-state index is -0.935. The first-order valence-electron chi connectivity index (χ1n) is 8.26. The molecule has 3 aromatic rings. The van der Waals surface area contributed by atoms with E-state index >= 15 is 0 Å². The molecule has 7 heteroatoms. The molecule has 1 aliphatic heterocycles. The summed E-state index contributed by atoms with van der Waals surface area (Å²) in [5.74, 6) is -0.853. The van der Waals surface area contributed by atoms with E-state index in [0.717, 1.165) is 25.1 Å². The summed E-state index contributed by atoms with van der Waals surface area (Å²) in [5, 5.41) is 2.93. The van der Waals surface area contributed by atoms with Crippen LogP contribution in [0.2, 0.25) is 0 Å². The van der Waals surface area contributed by atoms with Crippen molar-refractivity contribution in [1.82, 2.24) is 9.97 Å². The average Bonchev–Trinajstić information content (AvgIpc) is 2.66. The normalized spacial score (nSPS) is 13.4. The Bertz CT molecular complexity index is 960. The van der Waals surface area contributed by atoms with Gasteiger partial charge in [-0.3, -0.25) is 0 Å². The molecule has 0 aliphatic carbocycles. The van der Waals surface area contributed by atoms with Crippen LogP contribution in [0.5, 0.6) is 0 Å². The maximum atomic E-state index is 13.4. The third-order valence-electron chi connectivity index (χ3n) is 4.48. The lowest BCUT2D eigenvalue weighted by Gasteiger charge is -2.30. The highest BCUT2D eigenvalue weighted by molar-refractivity contribution is 5.78. The Kier molecular flexibility index (Phi) is 4.12. The van der Waals surface area contributed by atoms with Gasteiger partial charge in [0.05, 0.1) is 0 Å². The standard InChI is InChI=1S/C19H17F2N5/c20-15-6-5-14(9-16(15)21)25-18-17(22)19(24-11-23-18)26-8-7-12-3-1-2-4-13(12)10-26/h1-6,9,11H,7-8,10,22H2,(H,23,24,25). The van der Waals surface area contributed by atoms with Gasteiger partial charge in [0.25, 0.3) is 0 Å². The predicted molar refractivity (Wildman–Crippen MR) is 97.3 cm³/mol. The summed E-state index contributed by atoms with van der Waals surface area (Å²) in [5.41, 5.74) is 9.56. The summed E-state index contributed by atoms with van der Waals surface area (Å²) < 4.78 is 26.5. The van der Waals surface area contributed by atoms with Gasteiger partial charge in [0, 0.05) is 24.8 Å². The van der Waals surface area contributed by atoms with Crippen LogP contribution >= 0.6 is 0 Å². The monoisotopic (exact) mass is 353 g/mol. The smallest absolute Gasteiger partial charge is 0.160 e. The molecular formula is C19H17F2N5. The van der Waals surface area contributed by atoms with Crippen molar-refractivity contribution >= 4 is 23.0 Å². The SMILES string of the molecule is Nc1c(Nc2ccc(F)c(F)c2)ncnc1N1CCc2ccccc2C1. The number of aromatic nitrogens is 2. The van der Waals surface area contributed by atoms with Gasteiger partial charge in [-0.15, -0.1) is 0 Å². The lowest BCUT2D eigenvalue weighted by atomic mass is 10.00. The zero-order valence-electron chi connectivity index (χ0n) is 13.9. The van der Waals surface area contributed by atoms with Crippen LogP contribution in [0.25, 0.3) is 0 Å². The molecule has 0 fully saturated rings. The number of nitrogens with two attached hydrogens (primary N) is 1. The first-order chi connectivity index (χ1) is 12.6. The summed E-state index contributed by atoms with van der Waals surface area (Å²) in [4.78, 5) is 10.6. The van der Waals surface area contributed by atoms with Crippen LogP contribution in [0.3, 0.4) is 0 Å². The first kappa shape index (κ1) is 16.3. The van der Waals surface area contributed by atoms with Crippen LogP contribution in [-0.4, -0.2) is 16.5 Å². The number of fused-ring (bicyclic) bond motifs is 1. The second-order valence-electron chi connectivity index (χ2n) is 6.15. The molecule has 1 aliphatic rings. The molecule has 4 rings (SSSR count). The lowest BCUT2D eigenvalue weighted by molar-refractivity contribution is 0.509. The van der Waals surface area contributed by atoms with E-state index in [-0.39, 0.29) is 0 Å². The maximum absolute atomic E-state index is 13.4. The molecule has 5 nitrogen and oxygen atoms in total. The molecule has 0 unspecified atom stereocenters. The average molecular weight is 353 g/mol. The van der Waals surface area contributed by atoms with Crippen molar-refractivity contribution < 1.29 is 8.78 Å². The van der Waals surface area contributed by atoms with Crippen molar-refractivity contribution in [3.63, 3.8) is 0 Å². The van der Waals surface area contributed by atoms with E-state index < -0.39 is 11.6 Å². The van der Waals surface area contributed by atoms with Gasteiger partial charge >= 0.3 is 0 Å². The van der Waals surface area contributed by atoms with Crippen LogP contribution in [0.15, 0.2) is 48.8 Å². The molecule has 2 aromatic carbocycles. The van der Waals surface area contributed by atoms with E-state index in [9.17, 15) is 8.78 Å². The fourth-order valence-electron chi connectivity index (χ4n) is 3.12. The maximum Gasteiger partial charge on any atom is 0.160 e. The molecule has 1 aromatic heterocycles. The third-order valence-corrected chi connectivity index (χ3v) is 4.48. The van der Waals surface area contributed by atoms with Crippen LogP contribution in [0, 0.1) is 11.6 Å². The molecule has 0 saturated heterocycles. The number of benzene rings is 2. The predicted octanol–water partition coefficient (Wildman–Crippen LogP) is 3.64. The number of hydrogen-bond donors (Lipinski definition) is 2. The van der Waals surface area contributed by atoms with Crippen molar-refractivity contribution in [3.05, 3.63) is 71.6 Å².